The van der Waals surface area contributed by atoms with E-state index in [-0.39, 0.29) is 22.8 Å². The summed E-state index contributed by atoms with van der Waals surface area (Å²) < 4.78 is 27.9. The summed E-state index contributed by atoms with van der Waals surface area (Å²) in [5, 5.41) is 13.8. The molecule has 0 saturated carbocycles. The normalized spacial score (nSPS) is 11.7. The molecule has 0 heterocycles. The van der Waals surface area contributed by atoms with E-state index in [0.717, 1.165) is 6.07 Å². The molecule has 3 N–H and O–H groups in total. The zero-order chi connectivity index (χ0) is 13.8. The lowest BCUT2D eigenvalue weighted by Gasteiger charge is -2.09. The largest absolute Gasteiger partial charge is 0.488 e. The van der Waals surface area contributed by atoms with Gasteiger partial charge in [-0.2, -0.15) is 0 Å². The van der Waals surface area contributed by atoms with Crippen LogP contribution in [-0.2, 0) is 10.0 Å². The molecule has 0 saturated heterocycles. The quantitative estimate of drug-likeness (QED) is 0.776. The molecule has 7 heteroatoms. The summed E-state index contributed by atoms with van der Waals surface area (Å²) in [4.78, 5) is 10.4. The maximum atomic E-state index is 11.3. The van der Waals surface area contributed by atoms with Crippen molar-refractivity contribution in [2.45, 2.75) is 11.8 Å². The average molecular weight is 271 g/mol. The second kappa shape index (κ2) is 5.65. The van der Waals surface area contributed by atoms with Crippen LogP contribution >= 0.6 is 0 Å². The summed E-state index contributed by atoms with van der Waals surface area (Å²) in [6, 6.07) is 3.50. The molecule has 0 amide bonds. The number of aromatic carboxylic acids is 1. The molecular weight excluding hydrogens is 258 g/mol. The van der Waals surface area contributed by atoms with Crippen molar-refractivity contribution >= 4 is 16.0 Å². The molecule has 0 aliphatic heterocycles. The molecule has 1 aromatic carbocycles. The number of carbonyl (C=O) groups is 1. The smallest absolute Gasteiger partial charge is 0.335 e. The summed E-state index contributed by atoms with van der Waals surface area (Å²) in [7, 11) is -4.04. The topological polar surface area (TPSA) is 107 Å². The summed E-state index contributed by atoms with van der Waals surface area (Å²) in [6.07, 6.45) is 3.42. The fourth-order valence-corrected chi connectivity index (χ4v) is 1.92. The fraction of sp³-hybridized carbons (Fsp3) is 0.182. The Labute approximate surface area is 105 Å². The number of primary sulfonamides is 1. The lowest BCUT2D eigenvalue weighted by Crippen LogP contribution is -2.15. The van der Waals surface area contributed by atoms with E-state index >= 15 is 0 Å². The molecule has 0 aliphatic rings. The van der Waals surface area contributed by atoms with Crippen LogP contribution in [0.15, 0.2) is 35.2 Å². The molecule has 18 heavy (non-hydrogen) atoms. The van der Waals surface area contributed by atoms with Crippen LogP contribution in [-0.4, -0.2) is 26.1 Å². The molecule has 6 nitrogen and oxygen atoms in total. The molecule has 1 aromatic rings. The van der Waals surface area contributed by atoms with Crippen LogP contribution in [0.1, 0.15) is 17.3 Å². The highest BCUT2D eigenvalue weighted by Gasteiger charge is 2.17. The summed E-state index contributed by atoms with van der Waals surface area (Å²) >= 11 is 0. The third kappa shape index (κ3) is 3.57. The van der Waals surface area contributed by atoms with E-state index in [4.69, 9.17) is 15.0 Å². The molecule has 0 atom stereocenters. The maximum absolute atomic E-state index is 11.3. The number of allylic oxidation sites excluding steroid dienone is 1. The lowest BCUT2D eigenvalue weighted by atomic mass is 10.2. The van der Waals surface area contributed by atoms with Crippen molar-refractivity contribution in [3.63, 3.8) is 0 Å². The molecule has 0 radical (unpaired) electrons. The van der Waals surface area contributed by atoms with Gasteiger partial charge in [-0.3, -0.25) is 0 Å². The number of rotatable bonds is 5. The van der Waals surface area contributed by atoms with Gasteiger partial charge in [0.1, 0.15) is 17.3 Å². The van der Waals surface area contributed by atoms with Gasteiger partial charge >= 0.3 is 5.97 Å². The minimum Gasteiger partial charge on any atom is -0.488 e. The first-order valence-corrected chi connectivity index (χ1v) is 6.55. The van der Waals surface area contributed by atoms with Gasteiger partial charge in [-0.15, -0.1) is 0 Å². The van der Waals surface area contributed by atoms with E-state index in [1.54, 1.807) is 19.1 Å². The van der Waals surface area contributed by atoms with E-state index in [1.165, 1.54) is 12.1 Å². The van der Waals surface area contributed by atoms with Gasteiger partial charge < -0.3 is 9.84 Å². The summed E-state index contributed by atoms with van der Waals surface area (Å²) in [5.41, 5.74) is -0.169. The van der Waals surface area contributed by atoms with Crippen molar-refractivity contribution in [2.75, 3.05) is 6.61 Å². The van der Waals surface area contributed by atoms with Crippen LogP contribution in [0.2, 0.25) is 0 Å². The van der Waals surface area contributed by atoms with E-state index in [0.29, 0.717) is 0 Å². The lowest BCUT2D eigenvalue weighted by molar-refractivity contribution is 0.0696. The monoisotopic (exact) mass is 271 g/mol. The van der Waals surface area contributed by atoms with E-state index in [2.05, 4.69) is 0 Å². The number of ether oxygens (including phenoxy) is 1. The third-order valence-corrected chi connectivity index (χ3v) is 3.00. The van der Waals surface area contributed by atoms with Gasteiger partial charge in [-0.25, -0.2) is 18.4 Å². The van der Waals surface area contributed by atoms with Crippen molar-refractivity contribution in [1.29, 1.82) is 0 Å². The highest BCUT2D eigenvalue weighted by Crippen LogP contribution is 2.24. The van der Waals surface area contributed by atoms with Gasteiger partial charge in [0.2, 0.25) is 10.0 Å². The molecule has 0 spiro atoms. The highest BCUT2D eigenvalue weighted by molar-refractivity contribution is 7.89. The minimum absolute atomic E-state index is 0.0283. The zero-order valence-electron chi connectivity index (χ0n) is 9.66. The van der Waals surface area contributed by atoms with Crippen molar-refractivity contribution in [1.82, 2.24) is 0 Å². The van der Waals surface area contributed by atoms with Crippen molar-refractivity contribution < 1.29 is 23.1 Å². The number of benzene rings is 1. The Balaban J connectivity index is 3.22. The summed E-state index contributed by atoms with van der Waals surface area (Å²) in [6.45, 7) is 1.96. The molecule has 0 fully saturated rings. The van der Waals surface area contributed by atoms with Gasteiger partial charge in [-0.1, -0.05) is 12.2 Å². The van der Waals surface area contributed by atoms with Crippen LogP contribution in [0.3, 0.4) is 0 Å². The molecule has 0 aromatic heterocycles. The predicted molar refractivity (Wildman–Crippen MR) is 65.1 cm³/mol. The maximum Gasteiger partial charge on any atom is 0.335 e. The highest BCUT2D eigenvalue weighted by atomic mass is 32.2. The molecule has 98 valence electrons. The number of nitrogens with two attached hydrogens (primary N) is 1. The Morgan fingerprint density at radius 1 is 1.50 bits per heavy atom. The fourth-order valence-electron chi connectivity index (χ4n) is 1.22. The zero-order valence-corrected chi connectivity index (χ0v) is 10.5. The summed E-state index contributed by atoms with van der Waals surface area (Å²) in [5.74, 6) is -1.21. The SMILES string of the molecule is C/C=C/COc1ccc(C(=O)O)cc1S(N)(=O)=O. The number of sulfonamides is 1. The van der Waals surface area contributed by atoms with Gasteiger partial charge in [-0.05, 0) is 25.1 Å². The number of carboxylic acids is 1. The average Bonchev–Trinajstić information content (AvgIpc) is 2.28. The number of hydrogen-bond donors (Lipinski definition) is 2. The van der Waals surface area contributed by atoms with E-state index < -0.39 is 16.0 Å². The van der Waals surface area contributed by atoms with Gasteiger partial charge in [0.05, 0.1) is 5.56 Å². The molecule has 1 rings (SSSR count). The van der Waals surface area contributed by atoms with Gasteiger partial charge in [0, 0.05) is 0 Å². The van der Waals surface area contributed by atoms with E-state index in [9.17, 15) is 13.2 Å². The van der Waals surface area contributed by atoms with Crippen LogP contribution in [0.4, 0.5) is 0 Å². The molecule has 0 unspecified atom stereocenters. The first-order chi connectivity index (χ1) is 8.36. The Bertz CT molecular complexity index is 577. The first kappa shape index (κ1) is 14.2. The van der Waals surface area contributed by atoms with Crippen molar-refractivity contribution in [3.05, 3.63) is 35.9 Å². The van der Waals surface area contributed by atoms with Crippen LogP contribution < -0.4 is 9.88 Å². The Kier molecular flexibility index (Phi) is 4.46. The standard InChI is InChI=1S/C11H13NO5S/c1-2-3-6-17-9-5-4-8(11(13)14)7-10(9)18(12,15)16/h2-5,7H,6H2,1H3,(H,13,14)(H2,12,15,16)/b3-2+. The molecular formula is C11H13NO5S. The van der Waals surface area contributed by atoms with E-state index in [1.807, 2.05) is 0 Å². The second-order valence-electron chi connectivity index (χ2n) is 3.39. The van der Waals surface area contributed by atoms with Crippen molar-refractivity contribution in [3.8, 4) is 5.75 Å². The van der Waals surface area contributed by atoms with Crippen LogP contribution in [0, 0.1) is 0 Å². The van der Waals surface area contributed by atoms with Gasteiger partial charge in [0.15, 0.2) is 0 Å². The van der Waals surface area contributed by atoms with Crippen LogP contribution in [0.5, 0.6) is 5.75 Å². The van der Waals surface area contributed by atoms with Gasteiger partial charge in [0.25, 0.3) is 0 Å². The molecule has 0 aliphatic carbocycles. The molecule has 0 bridgehead atoms. The van der Waals surface area contributed by atoms with Crippen molar-refractivity contribution in [2.24, 2.45) is 5.14 Å². The van der Waals surface area contributed by atoms with Crippen LogP contribution in [0.25, 0.3) is 0 Å². The number of carboxylic acid groups (broad SMARTS) is 1. The second-order valence-corrected chi connectivity index (χ2v) is 4.92. The predicted octanol–water partition coefficient (Wildman–Crippen LogP) is 0.987. The Hall–Kier alpha value is -1.86. The third-order valence-electron chi connectivity index (χ3n) is 2.07. The first-order valence-electron chi connectivity index (χ1n) is 5.00. The minimum atomic E-state index is -4.04. The Morgan fingerprint density at radius 3 is 2.67 bits per heavy atom. The Morgan fingerprint density at radius 2 is 2.17 bits per heavy atom. The number of hydrogen-bond acceptors (Lipinski definition) is 4.